The third kappa shape index (κ3) is 21.8. The monoisotopic (exact) mass is 1420 g/mol. The molecule has 15 atom stereocenters. The Hall–Kier alpha value is -7.00. The number of aliphatic hydroxyl groups is 2. The summed E-state index contributed by atoms with van der Waals surface area (Å²) >= 11 is 0. The van der Waals surface area contributed by atoms with Gasteiger partial charge in [0.15, 0.2) is 5.96 Å². The van der Waals surface area contributed by atoms with Crippen LogP contribution in [0.3, 0.4) is 0 Å². The van der Waals surface area contributed by atoms with E-state index in [-0.39, 0.29) is 77.7 Å². The van der Waals surface area contributed by atoms with E-state index in [1.54, 1.807) is 41.5 Å². The molecule has 0 spiro atoms. The number of hydrogen-bond donors (Lipinski definition) is 14. The minimum atomic E-state index is -1.74. The van der Waals surface area contributed by atoms with E-state index in [4.69, 9.17) is 11.1 Å². The van der Waals surface area contributed by atoms with Crippen molar-refractivity contribution in [1.82, 2.24) is 72.8 Å². The molecule has 0 radical (unpaired) electrons. The van der Waals surface area contributed by atoms with E-state index in [0.717, 1.165) is 0 Å². The summed E-state index contributed by atoms with van der Waals surface area (Å²) in [7, 11) is 2.66. The van der Waals surface area contributed by atoms with Crippen molar-refractivity contribution in [3.8, 4) is 0 Å². The van der Waals surface area contributed by atoms with Crippen molar-refractivity contribution in [3.63, 3.8) is 0 Å². The van der Waals surface area contributed by atoms with Crippen molar-refractivity contribution in [3.05, 3.63) is 0 Å². The number of rotatable bonds is 16. The summed E-state index contributed by atoms with van der Waals surface area (Å²) in [6.45, 7) is 17.5. The average Bonchev–Trinajstić information content (AvgIpc) is 1.65. The van der Waals surface area contributed by atoms with Crippen LogP contribution in [0.5, 0.6) is 0 Å². The van der Waals surface area contributed by atoms with Crippen LogP contribution < -0.4 is 58.9 Å². The second-order valence-electron chi connectivity index (χ2n) is 28.3. The van der Waals surface area contributed by atoms with Gasteiger partial charge in [-0.05, 0) is 114 Å². The number of nitrogens with one attached hydrogen (secondary N) is 11. The number of aliphatic hydroxyl groups excluding tert-OH is 2. The van der Waals surface area contributed by atoms with E-state index in [1.165, 1.54) is 41.2 Å². The molecular formula is C65H110N16O15S2. The number of carbonyl (C=O) groups excluding carboxylic acids is 13. The Morgan fingerprint density at radius 2 is 0.929 bits per heavy atom. The van der Waals surface area contributed by atoms with Crippen molar-refractivity contribution in [2.45, 2.75) is 243 Å². The molecule has 15 N–H and O–H groups in total. The quantitative estimate of drug-likeness (QED) is 0.0365. The number of carbonyl (C=O) groups is 13. The Kier molecular flexibility index (Phi) is 31.2. The highest BCUT2D eigenvalue weighted by Gasteiger charge is 2.49. The molecular weight excluding hydrogens is 1310 g/mol. The summed E-state index contributed by atoms with van der Waals surface area (Å²) < 4.78 is -1.05. The minimum Gasteiger partial charge on any atom is -0.394 e. The summed E-state index contributed by atoms with van der Waals surface area (Å²) in [4.78, 5) is 194. The van der Waals surface area contributed by atoms with Crippen LogP contribution in [0.1, 0.15) is 166 Å². The number of amides is 13. The van der Waals surface area contributed by atoms with Crippen LogP contribution in [0.4, 0.5) is 0 Å². The topological polar surface area (TPSA) is 445 Å². The van der Waals surface area contributed by atoms with Crippen molar-refractivity contribution in [2.24, 2.45) is 28.9 Å². The molecule has 0 aromatic carbocycles. The molecule has 5 heterocycles. The van der Waals surface area contributed by atoms with Gasteiger partial charge >= 0.3 is 0 Å². The SMILES string of the molecule is CC[C@H](C)[C@@H]1NC(=O)[C@@H]2CCCN2C(=O)[C@@H]2CCCN2C(=O)[C@H](CC(C)(C)C)NC(=O)[C@H](CO)NC(=O)[C@H](CCCNC(=N)N)NC(=O)[C@H](CO)NC(=O)CNC(=O)[C@@H]([C@@H](C)CC)NC(=O)[C@@H]2CCCN2C(=O)[C@@H]2CCCN2C(=O)[C@H]([C@@H](C)CC)NC(=O)[C@H](C(C)(C)SSC)NC1=O. The van der Waals surface area contributed by atoms with Crippen LogP contribution >= 0.6 is 21.6 Å². The summed E-state index contributed by atoms with van der Waals surface area (Å²) in [6, 6.07) is -15.5. The highest BCUT2D eigenvalue weighted by atomic mass is 33.1. The van der Waals surface area contributed by atoms with Gasteiger partial charge in [0.25, 0.3) is 0 Å². The first-order chi connectivity index (χ1) is 46.2. The fraction of sp³-hybridized carbons (Fsp3) is 0.785. The van der Waals surface area contributed by atoms with E-state index in [2.05, 4.69) is 53.2 Å². The van der Waals surface area contributed by atoms with Crippen LogP contribution in [-0.4, -0.2) is 249 Å². The van der Waals surface area contributed by atoms with Crippen molar-refractivity contribution < 1.29 is 72.5 Å². The Morgan fingerprint density at radius 3 is 1.39 bits per heavy atom. The molecule has 0 aromatic heterocycles. The second-order valence-corrected chi connectivity index (χ2v) is 31.4. The van der Waals surface area contributed by atoms with Gasteiger partial charge in [-0.15, -0.1) is 0 Å². The lowest BCUT2D eigenvalue weighted by Crippen LogP contribution is -2.64. The van der Waals surface area contributed by atoms with Gasteiger partial charge in [0.2, 0.25) is 76.8 Å². The minimum absolute atomic E-state index is 0.0103. The Balaban J connectivity index is 1.55. The normalized spacial score (nSPS) is 29.1. The van der Waals surface area contributed by atoms with Gasteiger partial charge in [0.05, 0.1) is 19.8 Å². The molecule has 13 amide bonds. The average molecular weight is 1420 g/mol. The first kappa shape index (κ1) is 81.7. The molecule has 33 heteroatoms. The van der Waals surface area contributed by atoms with Crippen LogP contribution in [-0.2, 0) is 62.3 Å². The van der Waals surface area contributed by atoms with E-state index in [9.17, 15) is 63.0 Å². The fourth-order valence-electron chi connectivity index (χ4n) is 13.2. The smallest absolute Gasteiger partial charge is 0.246 e. The zero-order chi connectivity index (χ0) is 73.1. The van der Waals surface area contributed by atoms with Gasteiger partial charge in [-0.1, -0.05) is 103 Å². The van der Waals surface area contributed by atoms with E-state index < -0.39 is 203 Å². The highest BCUT2D eigenvalue weighted by Crippen LogP contribution is 2.37. The first-order valence-corrected chi connectivity index (χ1v) is 37.2. The third-order valence-corrected chi connectivity index (χ3v) is 22.0. The number of hydrogen-bond acceptors (Lipinski definition) is 18. The van der Waals surface area contributed by atoms with Gasteiger partial charge < -0.3 is 88.7 Å². The van der Waals surface area contributed by atoms with Crippen LogP contribution in [0.25, 0.3) is 0 Å². The lowest BCUT2D eigenvalue weighted by atomic mass is 9.87. The summed E-state index contributed by atoms with van der Waals surface area (Å²) in [5, 5.41) is 55.2. The number of fused-ring (bicyclic) bond motifs is 4. The van der Waals surface area contributed by atoms with Gasteiger partial charge in [-0.2, -0.15) is 0 Å². The highest BCUT2D eigenvalue weighted by molar-refractivity contribution is 8.77. The molecule has 0 bridgehead atoms. The summed E-state index contributed by atoms with van der Waals surface area (Å²) in [5.74, 6) is -11.7. The molecule has 0 aromatic rings. The summed E-state index contributed by atoms with van der Waals surface area (Å²) in [5.41, 5.74) is 4.82. The third-order valence-electron chi connectivity index (χ3n) is 19.3. The molecule has 0 unspecified atom stereocenters. The molecule has 5 saturated heterocycles. The molecule has 552 valence electrons. The van der Waals surface area contributed by atoms with Gasteiger partial charge in [-0.3, -0.25) is 67.7 Å². The molecule has 5 aliphatic rings. The zero-order valence-corrected chi connectivity index (χ0v) is 60.7. The van der Waals surface area contributed by atoms with Gasteiger partial charge in [-0.25, -0.2) is 0 Å². The maximum Gasteiger partial charge on any atom is 0.246 e. The predicted molar refractivity (Wildman–Crippen MR) is 368 cm³/mol. The maximum atomic E-state index is 15.1. The van der Waals surface area contributed by atoms with Gasteiger partial charge in [0, 0.05) is 37.5 Å². The lowest BCUT2D eigenvalue weighted by molar-refractivity contribution is -0.149. The van der Waals surface area contributed by atoms with E-state index in [0.29, 0.717) is 44.9 Å². The molecule has 5 rings (SSSR count). The molecule has 5 fully saturated rings. The fourth-order valence-corrected chi connectivity index (χ4v) is 15.4. The predicted octanol–water partition coefficient (Wildman–Crippen LogP) is -1.43. The van der Waals surface area contributed by atoms with Gasteiger partial charge in [0.1, 0.15) is 72.5 Å². The molecule has 0 saturated carbocycles. The number of nitrogens with zero attached hydrogens (tertiary/aromatic N) is 4. The largest absolute Gasteiger partial charge is 0.394 e. The molecule has 98 heavy (non-hydrogen) atoms. The van der Waals surface area contributed by atoms with E-state index in [1.807, 2.05) is 40.9 Å². The van der Waals surface area contributed by atoms with Crippen molar-refractivity contribution >= 4 is 104 Å². The molecule has 5 aliphatic heterocycles. The standard InChI is InChI=1S/C65H110N16O15S2/c1-13-35(4)47-56(90)69-32-46(84)70-40(33-82)52(86)71-38(21-16-26-68-63(66)67)51(85)73-41(34-83)53(87)72-39(31-64(7,8)9)59(93)80-29-19-24-44(80)60(94)78-27-18-23-43(78)55(89)75-48(36(5)14-2)57(91)77-50(65(10,11)98-97-12)58(92)76-49(37(6)15-3)62(96)81-30-20-25-45(81)61(95)79-28-17-22-42(79)54(88)74-47/h35-45,47-50,82-83H,13-34H2,1-12H3,(H,69,90)(H,70,84)(H,71,86)(H,72,87)(H,73,85)(H,74,88)(H,75,89)(H,76,92)(H,77,91)(H4,66,67,68)/t35-,36-,37-,38-,39-,40-,41-,42-,43-,44-,45-,47+,48-,49-,50+/m0/s1. The molecule has 0 aliphatic carbocycles. The second kappa shape index (κ2) is 37.4. The van der Waals surface area contributed by atoms with Crippen molar-refractivity contribution in [2.75, 3.05) is 58.7 Å². The Labute approximate surface area is 583 Å². The number of nitrogens with two attached hydrogens (primary N) is 1. The Morgan fingerprint density at radius 1 is 0.520 bits per heavy atom. The lowest BCUT2D eigenvalue weighted by Gasteiger charge is -2.38. The Bertz CT molecular complexity index is 2890. The first-order valence-electron chi connectivity index (χ1n) is 34.6. The number of guanidine groups is 1. The molecule has 31 nitrogen and oxygen atoms in total. The van der Waals surface area contributed by atoms with Crippen LogP contribution in [0.2, 0.25) is 0 Å². The van der Waals surface area contributed by atoms with Crippen LogP contribution in [0.15, 0.2) is 0 Å². The van der Waals surface area contributed by atoms with Crippen molar-refractivity contribution in [1.29, 1.82) is 5.41 Å². The maximum absolute atomic E-state index is 15.1. The van der Waals surface area contributed by atoms with Crippen LogP contribution in [0, 0.1) is 28.6 Å². The summed E-state index contributed by atoms with van der Waals surface area (Å²) in [6.07, 6.45) is 5.40. The van der Waals surface area contributed by atoms with E-state index >= 15 is 9.59 Å². The zero-order valence-electron chi connectivity index (χ0n) is 59.1.